The van der Waals surface area contributed by atoms with E-state index in [1.807, 2.05) is 0 Å². The number of urea groups is 1. The largest absolute Gasteiger partial charge is 0.329 e. The van der Waals surface area contributed by atoms with E-state index in [0.29, 0.717) is 0 Å². The molecular formula is C5H6BN3O2. The van der Waals surface area contributed by atoms with E-state index in [2.05, 4.69) is 5.32 Å². The van der Waals surface area contributed by atoms with Crippen molar-refractivity contribution in [1.29, 1.82) is 5.41 Å². The highest BCUT2D eigenvalue weighted by atomic mass is 16.2. The number of amides is 3. The van der Waals surface area contributed by atoms with Crippen molar-refractivity contribution in [3.8, 4) is 0 Å². The van der Waals surface area contributed by atoms with Crippen LogP contribution in [0.25, 0.3) is 0 Å². The zero-order chi connectivity index (χ0) is 8.59. The van der Waals surface area contributed by atoms with Crippen molar-refractivity contribution in [1.82, 2.24) is 10.2 Å². The van der Waals surface area contributed by atoms with E-state index in [1.54, 1.807) is 0 Å². The molecule has 11 heavy (non-hydrogen) atoms. The van der Waals surface area contributed by atoms with Crippen LogP contribution in [-0.4, -0.2) is 37.6 Å². The van der Waals surface area contributed by atoms with Crippen LogP contribution in [0.4, 0.5) is 4.79 Å². The SMILES string of the molecule is [B]C1C(=N)NC(=O)N(C)C1=O. The minimum absolute atomic E-state index is 0.252. The molecule has 1 heterocycles. The first-order chi connectivity index (χ1) is 5.04. The minimum Gasteiger partial charge on any atom is -0.296 e. The summed E-state index contributed by atoms with van der Waals surface area (Å²) in [4.78, 5) is 22.6. The monoisotopic (exact) mass is 151 g/mol. The topological polar surface area (TPSA) is 73.3 Å². The second kappa shape index (κ2) is 2.37. The number of imide groups is 1. The van der Waals surface area contributed by atoms with E-state index in [9.17, 15) is 9.59 Å². The molecule has 0 saturated carbocycles. The van der Waals surface area contributed by atoms with Crippen molar-refractivity contribution in [2.75, 3.05) is 7.05 Å². The molecule has 0 spiro atoms. The predicted octanol–water partition coefficient (Wildman–Crippen LogP) is -0.898. The third kappa shape index (κ3) is 1.11. The Hall–Kier alpha value is -1.33. The number of hydrogen-bond acceptors (Lipinski definition) is 3. The first-order valence-electron chi connectivity index (χ1n) is 2.96. The van der Waals surface area contributed by atoms with E-state index < -0.39 is 17.8 Å². The maximum atomic E-state index is 10.9. The summed E-state index contributed by atoms with van der Waals surface area (Å²) in [7, 11) is 6.55. The lowest BCUT2D eigenvalue weighted by atomic mass is 9.84. The minimum atomic E-state index is -1.03. The van der Waals surface area contributed by atoms with Crippen LogP contribution in [-0.2, 0) is 4.79 Å². The Morgan fingerprint density at radius 1 is 1.64 bits per heavy atom. The predicted molar refractivity (Wildman–Crippen MR) is 38.5 cm³/mol. The Bertz CT molecular complexity index is 218. The molecule has 1 unspecified atom stereocenters. The number of rotatable bonds is 0. The summed E-state index contributed by atoms with van der Waals surface area (Å²) < 4.78 is 0. The van der Waals surface area contributed by atoms with E-state index >= 15 is 0 Å². The van der Waals surface area contributed by atoms with E-state index in [-0.39, 0.29) is 5.84 Å². The Balaban J connectivity index is 2.87. The van der Waals surface area contributed by atoms with Crippen LogP contribution < -0.4 is 5.32 Å². The summed E-state index contributed by atoms with van der Waals surface area (Å²) in [5, 5.41) is 9.17. The normalized spacial score (nSPS) is 25.4. The standard InChI is InChI=1S/C5H6BN3O2/c1-9-4(10)2(6)3(7)8-5(9)11/h2H,1H3,(H2,7,8,11). The molecule has 0 bridgehead atoms. The van der Waals surface area contributed by atoms with Crippen LogP contribution in [0, 0.1) is 5.41 Å². The number of nitrogens with zero attached hydrogens (tertiary/aromatic N) is 1. The fourth-order valence-electron chi connectivity index (χ4n) is 0.709. The van der Waals surface area contributed by atoms with Gasteiger partial charge in [0.25, 0.3) is 0 Å². The quantitative estimate of drug-likeness (QED) is 0.440. The van der Waals surface area contributed by atoms with Gasteiger partial charge in [0.1, 0.15) is 5.84 Å². The highest BCUT2D eigenvalue weighted by Crippen LogP contribution is 2.09. The summed E-state index contributed by atoms with van der Waals surface area (Å²) in [6.45, 7) is 0. The first-order valence-corrected chi connectivity index (χ1v) is 2.96. The second-order valence-corrected chi connectivity index (χ2v) is 2.22. The van der Waals surface area contributed by atoms with Crippen molar-refractivity contribution >= 4 is 25.6 Å². The van der Waals surface area contributed by atoms with Crippen LogP contribution in [0.15, 0.2) is 0 Å². The van der Waals surface area contributed by atoms with Crippen molar-refractivity contribution in [3.63, 3.8) is 0 Å². The lowest BCUT2D eigenvalue weighted by Crippen LogP contribution is -2.53. The van der Waals surface area contributed by atoms with Crippen molar-refractivity contribution < 1.29 is 9.59 Å². The maximum absolute atomic E-state index is 10.9. The van der Waals surface area contributed by atoms with Gasteiger partial charge in [-0.25, -0.2) is 4.79 Å². The molecule has 3 amide bonds. The van der Waals surface area contributed by atoms with Crippen LogP contribution >= 0.6 is 0 Å². The number of carbonyl (C=O) groups is 2. The highest BCUT2D eigenvalue weighted by molar-refractivity contribution is 6.40. The zero-order valence-corrected chi connectivity index (χ0v) is 5.92. The van der Waals surface area contributed by atoms with Crippen LogP contribution in [0.5, 0.6) is 0 Å². The van der Waals surface area contributed by atoms with Crippen LogP contribution in [0.1, 0.15) is 0 Å². The fourth-order valence-corrected chi connectivity index (χ4v) is 0.709. The van der Waals surface area contributed by atoms with Gasteiger partial charge in [-0.05, 0) is 0 Å². The van der Waals surface area contributed by atoms with Gasteiger partial charge in [0, 0.05) is 7.05 Å². The molecule has 1 aliphatic rings. The molecule has 0 aromatic heterocycles. The van der Waals surface area contributed by atoms with Gasteiger partial charge in [0.15, 0.2) is 0 Å². The first kappa shape index (κ1) is 7.78. The Morgan fingerprint density at radius 2 is 2.18 bits per heavy atom. The van der Waals surface area contributed by atoms with Crippen molar-refractivity contribution in [3.05, 3.63) is 0 Å². The van der Waals surface area contributed by atoms with Gasteiger partial charge in [-0.15, -0.1) is 0 Å². The second-order valence-electron chi connectivity index (χ2n) is 2.22. The molecule has 1 rings (SSSR count). The van der Waals surface area contributed by atoms with Gasteiger partial charge in [0.05, 0.1) is 13.7 Å². The maximum Gasteiger partial charge on any atom is 0.329 e. The Morgan fingerprint density at radius 3 is 2.73 bits per heavy atom. The zero-order valence-electron chi connectivity index (χ0n) is 5.92. The molecule has 0 aliphatic carbocycles. The third-order valence-corrected chi connectivity index (χ3v) is 1.45. The summed E-state index contributed by atoms with van der Waals surface area (Å²) >= 11 is 0. The summed E-state index contributed by atoms with van der Waals surface area (Å²) in [6.07, 6.45) is 0. The highest BCUT2D eigenvalue weighted by Gasteiger charge is 2.31. The van der Waals surface area contributed by atoms with Gasteiger partial charge in [0.2, 0.25) is 5.91 Å². The average molecular weight is 151 g/mol. The summed E-state index contributed by atoms with van der Waals surface area (Å²) in [6, 6.07) is -0.610. The molecule has 1 aliphatic heterocycles. The number of carbonyl (C=O) groups excluding carboxylic acids is 2. The van der Waals surface area contributed by atoms with E-state index in [1.165, 1.54) is 7.05 Å². The van der Waals surface area contributed by atoms with Gasteiger partial charge < -0.3 is 0 Å². The molecule has 5 nitrogen and oxygen atoms in total. The Kier molecular flexibility index (Phi) is 1.68. The molecule has 1 saturated heterocycles. The fraction of sp³-hybridized carbons (Fsp3) is 0.400. The van der Waals surface area contributed by atoms with Gasteiger partial charge in [-0.3, -0.25) is 20.4 Å². The molecule has 1 fully saturated rings. The lowest BCUT2D eigenvalue weighted by Gasteiger charge is -2.26. The molecule has 2 radical (unpaired) electrons. The van der Waals surface area contributed by atoms with Gasteiger partial charge in [-0.2, -0.15) is 0 Å². The molecule has 6 heteroatoms. The summed E-state index contributed by atoms with van der Waals surface area (Å²) in [5.74, 6) is -1.84. The molecule has 0 aromatic rings. The van der Waals surface area contributed by atoms with Crippen LogP contribution in [0.3, 0.4) is 0 Å². The van der Waals surface area contributed by atoms with E-state index in [4.69, 9.17) is 13.3 Å². The van der Waals surface area contributed by atoms with Gasteiger partial charge in [-0.1, -0.05) is 0 Å². The molecule has 1 atom stereocenters. The third-order valence-electron chi connectivity index (χ3n) is 1.45. The lowest BCUT2D eigenvalue weighted by molar-refractivity contribution is -0.126. The van der Waals surface area contributed by atoms with Crippen molar-refractivity contribution in [2.45, 2.75) is 5.82 Å². The number of nitrogens with one attached hydrogen (secondary N) is 2. The van der Waals surface area contributed by atoms with E-state index in [0.717, 1.165) is 4.90 Å². The molecule has 56 valence electrons. The average Bonchev–Trinajstić information content (AvgIpc) is 1.97. The summed E-state index contributed by atoms with van der Waals surface area (Å²) in [5.41, 5.74) is 0. The molecule has 0 aromatic carbocycles. The Labute approximate surface area is 64.7 Å². The molecule has 2 N–H and O–H groups in total. The van der Waals surface area contributed by atoms with Gasteiger partial charge >= 0.3 is 6.03 Å². The molecular weight excluding hydrogens is 145 g/mol. The number of amidine groups is 1. The van der Waals surface area contributed by atoms with Crippen LogP contribution in [0.2, 0.25) is 5.82 Å². The smallest absolute Gasteiger partial charge is 0.296 e. The number of hydrogen-bond donors (Lipinski definition) is 2. The van der Waals surface area contributed by atoms with Crippen molar-refractivity contribution in [2.24, 2.45) is 0 Å².